The third-order valence-electron chi connectivity index (χ3n) is 5.90. The summed E-state index contributed by atoms with van der Waals surface area (Å²) in [7, 11) is 4.12. The largest absolute Gasteiger partial charge is 0.336 e. The van der Waals surface area contributed by atoms with Gasteiger partial charge < -0.3 is 14.5 Å². The van der Waals surface area contributed by atoms with Crippen molar-refractivity contribution in [3.63, 3.8) is 0 Å². The van der Waals surface area contributed by atoms with E-state index in [-0.39, 0.29) is 0 Å². The number of nitrogens with one attached hydrogen (secondary N) is 2. The Morgan fingerprint density at radius 1 is 1.00 bits per heavy atom. The van der Waals surface area contributed by atoms with Crippen molar-refractivity contribution in [3.05, 3.63) is 78.6 Å². The number of benzene rings is 2. The molecule has 4 heterocycles. The predicted molar refractivity (Wildman–Crippen MR) is 134 cm³/mol. The van der Waals surface area contributed by atoms with Gasteiger partial charge in [-0.2, -0.15) is 5.10 Å². The van der Waals surface area contributed by atoms with E-state index in [0.29, 0.717) is 0 Å². The van der Waals surface area contributed by atoms with Gasteiger partial charge in [-0.25, -0.2) is 9.97 Å². The smallest absolute Gasteiger partial charge is 0.159 e. The Hall–Kier alpha value is -4.30. The van der Waals surface area contributed by atoms with Crippen LogP contribution in [-0.4, -0.2) is 53.7 Å². The Labute approximate surface area is 196 Å². The molecule has 8 heteroatoms. The molecule has 4 aromatic heterocycles. The molecule has 2 aromatic carbocycles. The fourth-order valence-electron chi connectivity index (χ4n) is 4.36. The van der Waals surface area contributed by atoms with Crippen LogP contribution in [0.25, 0.3) is 50.3 Å². The van der Waals surface area contributed by atoms with E-state index in [4.69, 9.17) is 4.98 Å². The number of H-pyrrole nitrogens is 2. The Balaban J connectivity index is 1.45. The average molecular weight is 449 g/mol. The van der Waals surface area contributed by atoms with Gasteiger partial charge in [0.05, 0.1) is 28.7 Å². The maximum Gasteiger partial charge on any atom is 0.159 e. The molecule has 6 rings (SSSR count). The Morgan fingerprint density at radius 2 is 1.91 bits per heavy atom. The van der Waals surface area contributed by atoms with Crippen LogP contribution in [0.4, 0.5) is 0 Å². The Kier molecular flexibility index (Phi) is 4.74. The molecular formula is C26H24N8. The van der Waals surface area contributed by atoms with E-state index < -0.39 is 0 Å². The second-order valence-electron chi connectivity index (χ2n) is 8.83. The van der Waals surface area contributed by atoms with E-state index in [1.807, 2.05) is 54.6 Å². The zero-order valence-electron chi connectivity index (χ0n) is 19.2. The van der Waals surface area contributed by atoms with Crippen molar-refractivity contribution in [2.75, 3.05) is 14.1 Å². The highest BCUT2D eigenvalue weighted by Gasteiger charge is 2.16. The maximum atomic E-state index is 4.94. The first-order valence-corrected chi connectivity index (χ1v) is 11.1. The van der Waals surface area contributed by atoms with Gasteiger partial charge >= 0.3 is 0 Å². The maximum absolute atomic E-state index is 4.94. The molecule has 0 saturated carbocycles. The Morgan fingerprint density at radius 3 is 2.74 bits per heavy atom. The normalized spacial score (nSPS) is 11.8. The van der Waals surface area contributed by atoms with Crippen molar-refractivity contribution < 1.29 is 0 Å². The number of imidazole rings is 2. The fraction of sp³-hybridized carbons (Fsp3) is 0.154. The highest BCUT2D eigenvalue weighted by molar-refractivity contribution is 5.96. The molecule has 0 amide bonds. The highest BCUT2D eigenvalue weighted by Crippen LogP contribution is 2.31. The average Bonchev–Trinajstić information content (AvgIpc) is 3.55. The van der Waals surface area contributed by atoms with Crippen LogP contribution >= 0.6 is 0 Å². The predicted octanol–water partition coefficient (Wildman–Crippen LogP) is 4.72. The number of fused-ring (bicyclic) bond motifs is 2. The molecule has 0 spiro atoms. The molecule has 0 radical (unpaired) electrons. The molecule has 0 saturated heterocycles. The summed E-state index contributed by atoms with van der Waals surface area (Å²) in [6.07, 6.45) is 7.63. The summed E-state index contributed by atoms with van der Waals surface area (Å²) in [5, 5.41) is 8.76. The van der Waals surface area contributed by atoms with Gasteiger partial charge in [0, 0.05) is 36.1 Å². The monoisotopic (exact) mass is 448 g/mol. The van der Waals surface area contributed by atoms with Gasteiger partial charge in [0.25, 0.3) is 0 Å². The van der Waals surface area contributed by atoms with Gasteiger partial charge in [-0.3, -0.25) is 10.1 Å². The molecule has 8 nitrogen and oxygen atoms in total. The summed E-state index contributed by atoms with van der Waals surface area (Å²) in [5.74, 6) is 0.724. The van der Waals surface area contributed by atoms with E-state index in [2.05, 4.69) is 68.4 Å². The first kappa shape index (κ1) is 20.3. The first-order valence-electron chi connectivity index (χ1n) is 11.1. The van der Waals surface area contributed by atoms with E-state index in [9.17, 15) is 0 Å². The molecule has 0 aliphatic rings. The zero-order valence-corrected chi connectivity index (χ0v) is 19.2. The molecule has 0 aliphatic heterocycles. The van der Waals surface area contributed by atoms with Crippen molar-refractivity contribution in [2.24, 2.45) is 0 Å². The van der Waals surface area contributed by atoms with Gasteiger partial charge in [-0.15, -0.1) is 0 Å². The summed E-state index contributed by atoms with van der Waals surface area (Å²) in [6, 6.07) is 14.6. The van der Waals surface area contributed by atoms with Crippen molar-refractivity contribution in [2.45, 2.75) is 13.5 Å². The quantitative estimate of drug-likeness (QED) is 0.398. The van der Waals surface area contributed by atoms with E-state index in [1.54, 1.807) is 0 Å². The molecule has 6 aromatic rings. The van der Waals surface area contributed by atoms with Crippen molar-refractivity contribution in [1.82, 2.24) is 39.6 Å². The molecule has 168 valence electrons. The number of aryl methyl sites for hydroxylation is 1. The molecular weight excluding hydrogens is 424 g/mol. The number of aromatic amines is 2. The fourth-order valence-corrected chi connectivity index (χ4v) is 4.36. The molecule has 2 N–H and O–H groups in total. The summed E-state index contributed by atoms with van der Waals surface area (Å²) >= 11 is 0. The lowest BCUT2D eigenvalue weighted by Gasteiger charge is -2.10. The van der Waals surface area contributed by atoms with Crippen molar-refractivity contribution in [3.8, 4) is 28.3 Å². The topological polar surface area (TPSA) is 91.3 Å². The molecule has 0 aliphatic carbocycles. The summed E-state index contributed by atoms with van der Waals surface area (Å²) in [6.45, 7) is 2.82. The highest BCUT2D eigenvalue weighted by atomic mass is 15.1. The number of pyridine rings is 1. The van der Waals surface area contributed by atoms with Crippen LogP contribution < -0.4 is 0 Å². The minimum Gasteiger partial charge on any atom is -0.336 e. The SMILES string of the molecule is Cc1cn(-c2cccc3[nH]c(-c4n[nH]c5ccc(-c6cncc(CN(C)C)c6)cc45)nc23)cn1. The van der Waals surface area contributed by atoms with Gasteiger partial charge in [0.2, 0.25) is 0 Å². The Bertz CT molecular complexity index is 1640. The van der Waals surface area contributed by atoms with Crippen LogP contribution in [0.3, 0.4) is 0 Å². The third kappa shape index (κ3) is 3.54. The minimum atomic E-state index is 0.724. The van der Waals surface area contributed by atoms with Crippen molar-refractivity contribution >= 4 is 21.9 Å². The lowest BCUT2D eigenvalue weighted by atomic mass is 10.0. The van der Waals surface area contributed by atoms with Gasteiger partial charge in [-0.1, -0.05) is 12.1 Å². The van der Waals surface area contributed by atoms with Crippen LogP contribution in [-0.2, 0) is 6.54 Å². The van der Waals surface area contributed by atoms with Gasteiger partial charge in [0.1, 0.15) is 11.2 Å². The number of aromatic nitrogens is 7. The van der Waals surface area contributed by atoms with E-state index in [0.717, 1.165) is 62.5 Å². The second kappa shape index (κ2) is 7.93. The lowest BCUT2D eigenvalue weighted by molar-refractivity contribution is 0.402. The lowest BCUT2D eigenvalue weighted by Crippen LogP contribution is -2.10. The standard InChI is InChI=1S/C26H24N8/c1-16-13-34(15-28-16)23-6-4-5-22-25(23)30-26(29-22)24-20-10-18(7-8-21(20)31-32-24)19-9-17(11-27-12-19)14-33(2)3/h4-13,15H,14H2,1-3H3,(H,29,30)(H,31,32). The van der Waals surface area contributed by atoms with Crippen LogP contribution in [0.5, 0.6) is 0 Å². The van der Waals surface area contributed by atoms with Crippen LogP contribution in [0, 0.1) is 6.92 Å². The second-order valence-corrected chi connectivity index (χ2v) is 8.83. The molecule has 34 heavy (non-hydrogen) atoms. The van der Waals surface area contributed by atoms with Crippen LogP contribution in [0.15, 0.2) is 67.4 Å². The minimum absolute atomic E-state index is 0.724. The molecule has 0 fully saturated rings. The van der Waals surface area contributed by atoms with E-state index in [1.165, 1.54) is 5.56 Å². The summed E-state index contributed by atoms with van der Waals surface area (Å²) < 4.78 is 2.00. The number of hydrogen-bond donors (Lipinski definition) is 2. The van der Waals surface area contributed by atoms with Crippen LogP contribution in [0.1, 0.15) is 11.3 Å². The van der Waals surface area contributed by atoms with Crippen LogP contribution in [0.2, 0.25) is 0 Å². The molecule has 0 bridgehead atoms. The zero-order chi connectivity index (χ0) is 23.2. The van der Waals surface area contributed by atoms with Gasteiger partial charge in [0.15, 0.2) is 5.82 Å². The number of nitrogens with zero attached hydrogens (tertiary/aromatic N) is 6. The number of para-hydroxylation sites is 1. The first-order chi connectivity index (χ1) is 16.5. The number of hydrogen-bond acceptors (Lipinski definition) is 5. The number of rotatable bonds is 5. The van der Waals surface area contributed by atoms with Crippen molar-refractivity contribution in [1.29, 1.82) is 0 Å². The molecule has 0 unspecified atom stereocenters. The van der Waals surface area contributed by atoms with Gasteiger partial charge in [-0.05, 0) is 62.5 Å². The molecule has 0 atom stereocenters. The summed E-state index contributed by atoms with van der Waals surface area (Å²) in [4.78, 5) is 19.3. The van der Waals surface area contributed by atoms with E-state index >= 15 is 0 Å². The summed E-state index contributed by atoms with van der Waals surface area (Å²) in [5.41, 5.74) is 8.86. The third-order valence-corrected chi connectivity index (χ3v) is 5.90.